The Bertz CT molecular complexity index is 241. The van der Waals surface area contributed by atoms with Crippen molar-refractivity contribution in [3.63, 3.8) is 0 Å². The number of hydrogen-bond donors (Lipinski definition) is 2. The van der Waals surface area contributed by atoms with Crippen LogP contribution in [0.1, 0.15) is 23.8 Å². The van der Waals surface area contributed by atoms with Gasteiger partial charge in [-0.3, -0.25) is 0 Å². The number of aliphatic hydroxyl groups excluding tert-OH is 1. The Morgan fingerprint density at radius 1 is 1.64 bits per heavy atom. The maximum Gasteiger partial charge on any atom is 0.106 e. The number of aliphatic hydroxyl groups is 1. The predicted molar refractivity (Wildman–Crippen MR) is 45.4 cm³/mol. The molecule has 1 unspecified atom stereocenters. The molecule has 3 heteroatoms. The van der Waals surface area contributed by atoms with Gasteiger partial charge >= 0.3 is 0 Å². The van der Waals surface area contributed by atoms with Gasteiger partial charge in [0.25, 0.3) is 0 Å². The average Bonchev–Trinajstić information content (AvgIpc) is 2.54. The Labute approximate surface area is 69.7 Å². The molecule has 0 amide bonds. The molecule has 0 aliphatic heterocycles. The standard InChI is InChI=1S/C8H11NOS/c9-8(3-4-8)7(10)6-2-1-5-11-6/h1-2,5,7,10H,3-4,9H2. The highest BCUT2D eigenvalue weighted by atomic mass is 32.1. The van der Waals surface area contributed by atoms with E-state index < -0.39 is 6.10 Å². The smallest absolute Gasteiger partial charge is 0.106 e. The zero-order valence-corrected chi connectivity index (χ0v) is 6.97. The summed E-state index contributed by atoms with van der Waals surface area (Å²) in [6.07, 6.45) is 1.46. The second-order valence-corrected chi connectivity index (χ2v) is 4.13. The topological polar surface area (TPSA) is 46.2 Å². The van der Waals surface area contributed by atoms with Gasteiger partial charge in [0.1, 0.15) is 6.10 Å². The number of rotatable bonds is 2. The summed E-state index contributed by atoms with van der Waals surface area (Å²) in [7, 11) is 0. The molecule has 1 aliphatic carbocycles. The first kappa shape index (κ1) is 7.28. The molecule has 60 valence electrons. The summed E-state index contributed by atoms with van der Waals surface area (Å²) in [4.78, 5) is 0.991. The molecular weight excluding hydrogens is 158 g/mol. The van der Waals surface area contributed by atoms with E-state index in [-0.39, 0.29) is 5.54 Å². The lowest BCUT2D eigenvalue weighted by atomic mass is 10.1. The van der Waals surface area contributed by atoms with Gasteiger partial charge in [-0.2, -0.15) is 0 Å². The normalized spacial score (nSPS) is 23.1. The Kier molecular flexibility index (Phi) is 1.52. The molecule has 1 saturated carbocycles. The van der Waals surface area contributed by atoms with E-state index in [0.29, 0.717) is 0 Å². The molecule has 1 atom stereocenters. The van der Waals surface area contributed by atoms with Gasteiger partial charge in [0.05, 0.1) is 0 Å². The maximum atomic E-state index is 9.69. The first-order valence-corrected chi connectivity index (χ1v) is 4.61. The minimum atomic E-state index is -0.442. The highest BCUT2D eigenvalue weighted by Crippen LogP contribution is 2.44. The first-order valence-electron chi connectivity index (χ1n) is 3.73. The van der Waals surface area contributed by atoms with Crippen LogP contribution in [-0.4, -0.2) is 10.6 Å². The van der Waals surface area contributed by atoms with Crippen LogP contribution < -0.4 is 5.73 Å². The third-order valence-electron chi connectivity index (χ3n) is 2.18. The van der Waals surface area contributed by atoms with E-state index in [1.807, 2.05) is 17.5 Å². The molecule has 1 aliphatic rings. The molecule has 2 rings (SSSR count). The Balaban J connectivity index is 2.17. The van der Waals surface area contributed by atoms with E-state index in [9.17, 15) is 5.11 Å². The van der Waals surface area contributed by atoms with Crippen molar-refractivity contribution in [2.45, 2.75) is 24.5 Å². The monoisotopic (exact) mass is 169 g/mol. The van der Waals surface area contributed by atoms with Gasteiger partial charge in [-0.1, -0.05) is 6.07 Å². The maximum absolute atomic E-state index is 9.69. The fraction of sp³-hybridized carbons (Fsp3) is 0.500. The lowest BCUT2D eigenvalue weighted by molar-refractivity contribution is 0.139. The van der Waals surface area contributed by atoms with E-state index in [2.05, 4.69) is 0 Å². The van der Waals surface area contributed by atoms with Crippen LogP contribution in [0.3, 0.4) is 0 Å². The molecule has 1 aromatic heterocycles. The van der Waals surface area contributed by atoms with Gasteiger partial charge in [0.15, 0.2) is 0 Å². The summed E-state index contributed by atoms with van der Waals surface area (Å²) in [5, 5.41) is 11.7. The van der Waals surface area contributed by atoms with Gasteiger partial charge in [0, 0.05) is 10.4 Å². The van der Waals surface area contributed by atoms with Gasteiger partial charge < -0.3 is 10.8 Å². The summed E-state index contributed by atoms with van der Waals surface area (Å²) in [6, 6.07) is 3.87. The van der Waals surface area contributed by atoms with Crippen LogP contribution in [0.2, 0.25) is 0 Å². The van der Waals surface area contributed by atoms with Crippen LogP contribution in [-0.2, 0) is 0 Å². The van der Waals surface area contributed by atoms with Gasteiger partial charge in [0.2, 0.25) is 0 Å². The summed E-state index contributed by atoms with van der Waals surface area (Å²) in [5.41, 5.74) is 5.54. The molecule has 1 heterocycles. The van der Waals surface area contributed by atoms with Crippen molar-refractivity contribution >= 4 is 11.3 Å². The molecule has 11 heavy (non-hydrogen) atoms. The molecule has 1 aromatic rings. The fourth-order valence-electron chi connectivity index (χ4n) is 1.15. The molecule has 0 bridgehead atoms. The summed E-state index contributed by atoms with van der Waals surface area (Å²) < 4.78 is 0. The lowest BCUT2D eigenvalue weighted by Crippen LogP contribution is -2.29. The second-order valence-electron chi connectivity index (χ2n) is 3.15. The fourth-order valence-corrected chi connectivity index (χ4v) is 1.98. The van der Waals surface area contributed by atoms with Crippen LogP contribution in [0.5, 0.6) is 0 Å². The van der Waals surface area contributed by atoms with Crippen LogP contribution in [0.25, 0.3) is 0 Å². The Hall–Kier alpha value is -0.380. The number of hydrogen-bond acceptors (Lipinski definition) is 3. The van der Waals surface area contributed by atoms with E-state index in [4.69, 9.17) is 5.73 Å². The SMILES string of the molecule is NC1(C(O)c2cccs2)CC1. The Morgan fingerprint density at radius 2 is 2.36 bits per heavy atom. The molecule has 0 spiro atoms. The van der Waals surface area contributed by atoms with Crippen molar-refractivity contribution in [1.29, 1.82) is 0 Å². The van der Waals surface area contributed by atoms with Gasteiger partial charge in [-0.25, -0.2) is 0 Å². The van der Waals surface area contributed by atoms with Crippen molar-refractivity contribution in [2.75, 3.05) is 0 Å². The molecule has 0 aromatic carbocycles. The number of nitrogens with two attached hydrogens (primary N) is 1. The van der Waals surface area contributed by atoms with Crippen LogP contribution in [0, 0.1) is 0 Å². The van der Waals surface area contributed by atoms with Crippen molar-refractivity contribution in [3.8, 4) is 0 Å². The third-order valence-corrected chi connectivity index (χ3v) is 3.11. The summed E-state index contributed by atoms with van der Waals surface area (Å²) >= 11 is 1.57. The zero-order chi connectivity index (χ0) is 7.90. The van der Waals surface area contributed by atoms with Crippen LogP contribution in [0.4, 0.5) is 0 Å². The molecule has 0 saturated heterocycles. The quantitative estimate of drug-likeness (QED) is 0.700. The third kappa shape index (κ3) is 1.20. The minimum absolute atomic E-state index is 0.301. The van der Waals surface area contributed by atoms with Crippen molar-refractivity contribution in [3.05, 3.63) is 22.4 Å². The Morgan fingerprint density at radius 3 is 2.82 bits per heavy atom. The molecule has 0 radical (unpaired) electrons. The summed E-state index contributed by atoms with van der Waals surface area (Å²) in [6.45, 7) is 0. The van der Waals surface area contributed by atoms with Crippen molar-refractivity contribution < 1.29 is 5.11 Å². The van der Waals surface area contributed by atoms with E-state index in [0.717, 1.165) is 17.7 Å². The predicted octanol–water partition coefficient (Wildman–Crippen LogP) is 1.27. The lowest BCUT2D eigenvalue weighted by Gasteiger charge is -2.15. The van der Waals surface area contributed by atoms with Crippen molar-refractivity contribution in [2.24, 2.45) is 5.73 Å². The second kappa shape index (κ2) is 2.30. The molecule has 2 nitrogen and oxygen atoms in total. The average molecular weight is 169 g/mol. The zero-order valence-electron chi connectivity index (χ0n) is 6.16. The van der Waals surface area contributed by atoms with Gasteiger partial charge in [-0.15, -0.1) is 11.3 Å². The first-order chi connectivity index (χ1) is 5.22. The van der Waals surface area contributed by atoms with E-state index in [1.54, 1.807) is 11.3 Å². The minimum Gasteiger partial charge on any atom is -0.386 e. The van der Waals surface area contributed by atoms with Gasteiger partial charge in [-0.05, 0) is 24.3 Å². The van der Waals surface area contributed by atoms with Crippen LogP contribution >= 0.6 is 11.3 Å². The van der Waals surface area contributed by atoms with E-state index >= 15 is 0 Å². The number of thiophene rings is 1. The molecule has 3 N–H and O–H groups in total. The molecule has 1 fully saturated rings. The largest absolute Gasteiger partial charge is 0.386 e. The molecular formula is C8H11NOS. The van der Waals surface area contributed by atoms with E-state index in [1.165, 1.54) is 0 Å². The van der Waals surface area contributed by atoms with Crippen molar-refractivity contribution in [1.82, 2.24) is 0 Å². The highest BCUT2D eigenvalue weighted by Gasteiger charge is 2.46. The summed E-state index contributed by atoms with van der Waals surface area (Å²) in [5.74, 6) is 0. The van der Waals surface area contributed by atoms with Crippen LogP contribution in [0.15, 0.2) is 17.5 Å². The highest BCUT2D eigenvalue weighted by molar-refractivity contribution is 7.10.